The Bertz CT molecular complexity index is 1750. The van der Waals surface area contributed by atoms with Crippen molar-refractivity contribution in [3.63, 3.8) is 0 Å². The number of benzene rings is 1. The summed E-state index contributed by atoms with van der Waals surface area (Å²) in [5.74, 6) is -0.624. The van der Waals surface area contributed by atoms with Crippen LogP contribution in [-0.2, 0) is 9.59 Å². The Kier molecular flexibility index (Phi) is 6.82. The van der Waals surface area contributed by atoms with E-state index in [1.807, 2.05) is 19.1 Å². The summed E-state index contributed by atoms with van der Waals surface area (Å²) in [5.41, 5.74) is 4.93. The molecule has 1 aromatic carbocycles. The minimum Gasteiger partial charge on any atom is -0.323 e. The number of carbonyl (C=O) groups excluding carboxylic acids is 2. The topological polar surface area (TPSA) is 134 Å². The maximum atomic E-state index is 13.6. The second-order valence-corrected chi connectivity index (χ2v) is 10.3. The van der Waals surface area contributed by atoms with Crippen LogP contribution in [0.3, 0.4) is 0 Å². The van der Waals surface area contributed by atoms with Crippen molar-refractivity contribution in [2.45, 2.75) is 26.2 Å². The van der Waals surface area contributed by atoms with Crippen LogP contribution in [0, 0.1) is 5.92 Å². The first-order valence-electron chi connectivity index (χ1n) is 12.5. The second kappa shape index (κ2) is 10.6. The van der Waals surface area contributed by atoms with E-state index >= 15 is 0 Å². The summed E-state index contributed by atoms with van der Waals surface area (Å²) in [6.45, 7) is 1.88. The Morgan fingerprint density at radius 3 is 2.83 bits per heavy atom. The summed E-state index contributed by atoms with van der Waals surface area (Å²) in [7, 11) is 0. The Morgan fingerprint density at radius 1 is 1.15 bits per heavy atom. The van der Waals surface area contributed by atoms with Crippen molar-refractivity contribution < 1.29 is 14.2 Å². The van der Waals surface area contributed by atoms with Gasteiger partial charge in [0, 0.05) is 29.1 Å². The van der Waals surface area contributed by atoms with E-state index in [-0.39, 0.29) is 22.9 Å². The summed E-state index contributed by atoms with van der Waals surface area (Å²) in [6, 6.07) is 8.87. The van der Waals surface area contributed by atoms with Crippen molar-refractivity contribution in [3.05, 3.63) is 76.4 Å². The van der Waals surface area contributed by atoms with Crippen molar-refractivity contribution in [2.75, 3.05) is 5.32 Å². The molecule has 2 aliphatic rings. The summed E-state index contributed by atoms with van der Waals surface area (Å²) in [4.78, 5) is 35.6. The van der Waals surface area contributed by atoms with Crippen molar-refractivity contribution >= 4 is 58.5 Å². The molecule has 0 saturated carbocycles. The third kappa shape index (κ3) is 4.96. The number of nitrogens with zero attached hydrogens (tertiary/aromatic N) is 7. The lowest BCUT2D eigenvalue weighted by atomic mass is 9.98. The van der Waals surface area contributed by atoms with Gasteiger partial charge in [0.25, 0.3) is 6.34 Å². The highest BCUT2D eigenvalue weighted by Crippen LogP contribution is 2.30. The van der Waals surface area contributed by atoms with Gasteiger partial charge in [-0.25, -0.2) is 9.48 Å². The molecule has 3 aromatic heterocycles. The maximum absolute atomic E-state index is 13.6. The van der Waals surface area contributed by atoms with Crippen molar-refractivity contribution in [2.24, 2.45) is 10.9 Å². The highest BCUT2D eigenvalue weighted by atomic mass is 35.5. The molecule has 4 aromatic rings. The predicted octanol–water partition coefficient (Wildman–Crippen LogP) is 4.53. The predicted molar refractivity (Wildman–Crippen MR) is 151 cm³/mol. The molecule has 200 valence electrons. The number of rotatable bonds is 2. The number of aromatic amines is 1. The van der Waals surface area contributed by atoms with Gasteiger partial charge in [-0.05, 0) is 48.2 Å². The third-order valence-corrected chi connectivity index (χ3v) is 7.20. The van der Waals surface area contributed by atoms with Crippen LogP contribution in [0.4, 0.5) is 5.69 Å². The monoisotopic (exact) mass is 574 g/mol. The fourth-order valence-corrected chi connectivity index (χ4v) is 5.00. The molecule has 0 fully saturated rings. The fourth-order valence-electron chi connectivity index (χ4n) is 4.70. The van der Waals surface area contributed by atoms with Gasteiger partial charge in [-0.2, -0.15) is 9.67 Å². The number of nitrogens with one attached hydrogen (secondary N) is 2. The average Bonchev–Trinajstić information content (AvgIpc) is 3.59. The first kappa shape index (κ1) is 25.8. The number of pyridine rings is 1. The lowest BCUT2D eigenvalue weighted by molar-refractivity contribution is -0.326. The van der Waals surface area contributed by atoms with Crippen LogP contribution in [0.25, 0.3) is 22.6 Å². The summed E-state index contributed by atoms with van der Waals surface area (Å²) < 4.78 is 3.00. The van der Waals surface area contributed by atoms with Gasteiger partial charge in [0.05, 0.1) is 41.1 Å². The number of hydrogen-bond acceptors (Lipinski definition) is 7. The van der Waals surface area contributed by atoms with E-state index < -0.39 is 0 Å². The Morgan fingerprint density at radius 2 is 2.02 bits per heavy atom. The highest BCUT2D eigenvalue weighted by Gasteiger charge is 2.28. The number of fused-ring (bicyclic) bond motifs is 4. The molecule has 1 atom stereocenters. The van der Waals surface area contributed by atoms with E-state index in [1.54, 1.807) is 36.8 Å². The zero-order valence-corrected chi connectivity index (χ0v) is 22.7. The Labute approximate surface area is 238 Å². The Hall–Kier alpha value is -4.48. The van der Waals surface area contributed by atoms with Crippen molar-refractivity contribution in [1.29, 1.82) is 0 Å². The van der Waals surface area contributed by atoms with E-state index in [2.05, 4.69) is 35.8 Å². The van der Waals surface area contributed by atoms with E-state index in [0.29, 0.717) is 64.0 Å². The van der Waals surface area contributed by atoms with E-state index in [0.717, 1.165) is 5.56 Å². The first-order chi connectivity index (χ1) is 19.4. The molecular formula is C27H22Cl2N9O2+. The van der Waals surface area contributed by atoms with Gasteiger partial charge in [-0.3, -0.25) is 14.9 Å². The van der Waals surface area contributed by atoms with Crippen LogP contribution in [-0.4, -0.2) is 58.6 Å². The summed E-state index contributed by atoms with van der Waals surface area (Å²) in [5, 5.41) is 18.6. The second-order valence-electron chi connectivity index (χ2n) is 9.45. The van der Waals surface area contributed by atoms with E-state index in [4.69, 9.17) is 23.2 Å². The zero-order valence-electron chi connectivity index (χ0n) is 21.2. The molecule has 13 heteroatoms. The van der Waals surface area contributed by atoms with Gasteiger partial charge in [0.15, 0.2) is 10.9 Å². The number of hydrogen-bond donors (Lipinski definition) is 2. The van der Waals surface area contributed by atoms with Gasteiger partial charge >= 0.3 is 5.91 Å². The number of aliphatic imine (C=N–C) groups is 1. The largest absolute Gasteiger partial charge is 0.342 e. The third-order valence-electron chi connectivity index (χ3n) is 6.79. The molecule has 2 N–H and O–H groups in total. The van der Waals surface area contributed by atoms with Crippen LogP contribution >= 0.6 is 23.2 Å². The first-order valence-corrected chi connectivity index (χ1v) is 13.3. The average molecular weight is 575 g/mol. The van der Waals surface area contributed by atoms with Crippen molar-refractivity contribution in [3.8, 4) is 16.9 Å². The minimum atomic E-state index is -0.296. The van der Waals surface area contributed by atoms with E-state index in [9.17, 15) is 9.59 Å². The molecule has 6 rings (SSSR count). The maximum Gasteiger partial charge on any atom is 0.342 e. The van der Waals surface area contributed by atoms with Crippen LogP contribution in [0.15, 0.2) is 60.0 Å². The Balaban J connectivity index is 1.42. The molecule has 2 bridgehead atoms. The molecule has 0 aliphatic carbocycles. The van der Waals surface area contributed by atoms with Gasteiger partial charge < -0.3 is 5.32 Å². The van der Waals surface area contributed by atoms with Crippen LogP contribution < -0.4 is 5.32 Å². The summed E-state index contributed by atoms with van der Waals surface area (Å²) >= 11 is 12.3. The van der Waals surface area contributed by atoms with E-state index in [1.165, 1.54) is 21.7 Å². The molecule has 2 amide bonds. The highest BCUT2D eigenvalue weighted by molar-refractivity contribution is 6.31. The number of amides is 2. The molecule has 5 heterocycles. The molecule has 0 radical (unpaired) electrons. The quantitative estimate of drug-likeness (QED) is 0.338. The number of halogens is 2. The lowest BCUT2D eigenvalue weighted by Gasteiger charge is -2.16. The van der Waals surface area contributed by atoms with Crippen molar-refractivity contribution in [1.82, 2.24) is 30.2 Å². The SMILES string of the molecule is CC1CCCC(=[N+]2C=NC(c3cc(Cl)ccc3-n3cc(Cl)nn3)=CC2=O)c2cc(ccn2)-c2[nH]ncc2NC1=O. The molecule has 1 unspecified atom stereocenters. The molecular weight excluding hydrogens is 553 g/mol. The molecule has 11 nitrogen and oxygen atoms in total. The van der Waals surface area contributed by atoms with Gasteiger partial charge in [-0.15, -0.1) is 5.10 Å². The smallest absolute Gasteiger partial charge is 0.323 e. The zero-order chi connectivity index (χ0) is 27.8. The molecule has 40 heavy (non-hydrogen) atoms. The lowest BCUT2D eigenvalue weighted by Crippen LogP contribution is -2.29. The minimum absolute atomic E-state index is 0.0896. The van der Waals surface area contributed by atoms with Gasteiger partial charge in [0.1, 0.15) is 11.4 Å². The normalized spacial score (nSPS) is 19.4. The molecule has 2 aliphatic heterocycles. The summed E-state index contributed by atoms with van der Waals surface area (Å²) in [6.07, 6.45) is 9.53. The molecule has 0 spiro atoms. The number of carbonyl (C=O) groups is 2. The number of H-pyrrole nitrogens is 1. The molecule has 0 saturated heterocycles. The van der Waals surface area contributed by atoms with Gasteiger partial charge in [-0.1, -0.05) is 35.3 Å². The standard InChI is InChI=1S/C27H21Cl2N9O2/c1-15-3-2-4-23(20-9-16(7-8-30-20)26-21(12-32-35-26)33-27(15)40)37-14-31-19(11-25(37)39)18-10-17(28)5-6-22(18)38-13-24(29)34-36-38/h5-15,30H,2-4H2,1H3/p+1. The van der Waals surface area contributed by atoms with Gasteiger partial charge in [0.2, 0.25) is 5.91 Å². The van der Waals surface area contributed by atoms with Crippen LogP contribution in [0.1, 0.15) is 37.4 Å². The van der Waals surface area contributed by atoms with Crippen LogP contribution in [0.5, 0.6) is 0 Å². The number of anilines is 1. The van der Waals surface area contributed by atoms with Crippen LogP contribution in [0.2, 0.25) is 10.2 Å². The number of aromatic nitrogens is 6. The fraction of sp³-hybridized carbons (Fsp3) is 0.185.